The SMILES string of the molecule is O=C(CCNc1ccc(Cl)cc1)NNC(=O)Nc1ccccc1. The Balaban J connectivity index is 1.63. The van der Waals surface area contributed by atoms with Crippen LogP contribution in [0.2, 0.25) is 5.02 Å². The molecule has 0 saturated heterocycles. The first-order valence-electron chi connectivity index (χ1n) is 7.04. The molecule has 0 saturated carbocycles. The van der Waals surface area contributed by atoms with Crippen molar-refractivity contribution in [3.05, 3.63) is 59.6 Å². The van der Waals surface area contributed by atoms with E-state index in [0.29, 0.717) is 17.3 Å². The number of amides is 3. The van der Waals surface area contributed by atoms with Gasteiger partial charge in [-0.2, -0.15) is 0 Å². The number of carbonyl (C=O) groups excluding carboxylic acids is 2. The number of carbonyl (C=O) groups is 2. The highest BCUT2D eigenvalue weighted by Gasteiger charge is 2.04. The summed E-state index contributed by atoms with van der Waals surface area (Å²) in [7, 11) is 0. The predicted molar refractivity (Wildman–Crippen MR) is 91.3 cm³/mol. The number of halogens is 1. The Morgan fingerprint density at radius 1 is 0.870 bits per heavy atom. The Morgan fingerprint density at radius 2 is 1.57 bits per heavy atom. The molecule has 0 aliphatic heterocycles. The van der Waals surface area contributed by atoms with Crippen molar-refractivity contribution in [3.63, 3.8) is 0 Å². The van der Waals surface area contributed by atoms with Gasteiger partial charge in [0.2, 0.25) is 5.91 Å². The number of anilines is 2. The molecular weight excluding hydrogens is 316 g/mol. The number of nitrogens with one attached hydrogen (secondary N) is 4. The van der Waals surface area contributed by atoms with E-state index in [2.05, 4.69) is 21.5 Å². The van der Waals surface area contributed by atoms with Crippen LogP contribution in [0.5, 0.6) is 0 Å². The molecule has 0 heterocycles. The zero-order valence-electron chi connectivity index (χ0n) is 12.3. The fraction of sp³-hybridized carbons (Fsp3) is 0.125. The van der Waals surface area contributed by atoms with Crippen LogP contribution in [0.25, 0.3) is 0 Å². The summed E-state index contributed by atoms with van der Waals surface area (Å²) in [5, 5.41) is 6.33. The maximum Gasteiger partial charge on any atom is 0.337 e. The number of urea groups is 1. The summed E-state index contributed by atoms with van der Waals surface area (Å²) in [6.45, 7) is 0.440. The molecule has 0 unspecified atom stereocenters. The van der Waals surface area contributed by atoms with Crippen LogP contribution < -0.4 is 21.5 Å². The number of hydrazine groups is 1. The van der Waals surface area contributed by atoms with Crippen molar-refractivity contribution in [2.75, 3.05) is 17.2 Å². The summed E-state index contributed by atoms with van der Waals surface area (Å²) in [5.74, 6) is -0.297. The monoisotopic (exact) mass is 332 g/mol. The fourth-order valence-electron chi connectivity index (χ4n) is 1.76. The Kier molecular flexibility index (Phi) is 6.26. The third-order valence-corrected chi connectivity index (χ3v) is 3.12. The smallest absolute Gasteiger partial charge is 0.337 e. The number of rotatable bonds is 5. The van der Waals surface area contributed by atoms with Gasteiger partial charge >= 0.3 is 6.03 Å². The number of para-hydroxylation sites is 1. The van der Waals surface area contributed by atoms with E-state index in [4.69, 9.17) is 11.6 Å². The third-order valence-electron chi connectivity index (χ3n) is 2.87. The van der Waals surface area contributed by atoms with E-state index in [0.717, 1.165) is 5.69 Å². The lowest BCUT2D eigenvalue weighted by molar-refractivity contribution is -0.121. The Morgan fingerprint density at radius 3 is 2.26 bits per heavy atom. The van der Waals surface area contributed by atoms with Crippen molar-refractivity contribution in [1.82, 2.24) is 10.9 Å². The first-order valence-corrected chi connectivity index (χ1v) is 7.41. The van der Waals surface area contributed by atoms with Gasteiger partial charge in [0.05, 0.1) is 0 Å². The van der Waals surface area contributed by atoms with E-state index in [1.165, 1.54) is 0 Å². The molecule has 2 aromatic carbocycles. The van der Waals surface area contributed by atoms with Gasteiger partial charge in [-0.15, -0.1) is 0 Å². The van der Waals surface area contributed by atoms with E-state index in [1.54, 1.807) is 36.4 Å². The molecular formula is C16H17ClN4O2. The normalized spacial score (nSPS) is 9.78. The molecule has 0 bridgehead atoms. The van der Waals surface area contributed by atoms with Gasteiger partial charge < -0.3 is 10.6 Å². The summed E-state index contributed by atoms with van der Waals surface area (Å²) in [4.78, 5) is 23.2. The van der Waals surface area contributed by atoms with Crippen LogP contribution in [0.1, 0.15) is 6.42 Å². The van der Waals surface area contributed by atoms with Gasteiger partial charge in [0, 0.05) is 29.4 Å². The van der Waals surface area contributed by atoms with Crippen molar-refractivity contribution >= 4 is 34.9 Å². The molecule has 0 atom stereocenters. The average molecular weight is 333 g/mol. The van der Waals surface area contributed by atoms with Gasteiger partial charge in [-0.05, 0) is 36.4 Å². The first kappa shape index (κ1) is 16.6. The van der Waals surface area contributed by atoms with Gasteiger partial charge in [0.15, 0.2) is 0 Å². The zero-order valence-corrected chi connectivity index (χ0v) is 13.1. The van der Waals surface area contributed by atoms with E-state index in [9.17, 15) is 9.59 Å². The number of benzene rings is 2. The molecule has 2 aromatic rings. The zero-order chi connectivity index (χ0) is 16.5. The summed E-state index contributed by atoms with van der Waals surface area (Å²) in [5.41, 5.74) is 6.14. The third kappa shape index (κ3) is 6.27. The van der Waals surface area contributed by atoms with E-state index >= 15 is 0 Å². The van der Waals surface area contributed by atoms with Crippen molar-refractivity contribution in [3.8, 4) is 0 Å². The molecule has 0 aromatic heterocycles. The minimum Gasteiger partial charge on any atom is -0.385 e. The molecule has 0 aliphatic rings. The molecule has 0 fully saturated rings. The van der Waals surface area contributed by atoms with E-state index < -0.39 is 6.03 Å². The van der Waals surface area contributed by atoms with Crippen molar-refractivity contribution in [1.29, 1.82) is 0 Å². The highest BCUT2D eigenvalue weighted by molar-refractivity contribution is 6.30. The van der Waals surface area contributed by atoms with Crippen molar-refractivity contribution in [2.24, 2.45) is 0 Å². The first-order chi connectivity index (χ1) is 11.1. The van der Waals surface area contributed by atoms with Crippen LogP contribution in [0.15, 0.2) is 54.6 Å². The lowest BCUT2D eigenvalue weighted by atomic mass is 10.3. The average Bonchev–Trinajstić information content (AvgIpc) is 2.56. The highest BCUT2D eigenvalue weighted by atomic mass is 35.5. The van der Waals surface area contributed by atoms with Crippen LogP contribution in [0.3, 0.4) is 0 Å². The second kappa shape index (κ2) is 8.65. The van der Waals surface area contributed by atoms with Crippen molar-refractivity contribution < 1.29 is 9.59 Å². The predicted octanol–water partition coefficient (Wildman–Crippen LogP) is 2.99. The molecule has 0 spiro atoms. The second-order valence-electron chi connectivity index (χ2n) is 4.68. The van der Waals surface area contributed by atoms with Crippen LogP contribution >= 0.6 is 11.6 Å². The summed E-state index contributed by atoms with van der Waals surface area (Å²) < 4.78 is 0. The quantitative estimate of drug-likeness (QED) is 0.635. The minimum absolute atomic E-state index is 0.217. The second-order valence-corrected chi connectivity index (χ2v) is 5.11. The molecule has 7 heteroatoms. The fourth-order valence-corrected chi connectivity index (χ4v) is 1.89. The molecule has 120 valence electrons. The molecule has 3 amide bonds. The standard InChI is InChI=1S/C16H17ClN4O2/c17-12-6-8-13(9-7-12)18-11-10-15(22)20-21-16(23)19-14-4-2-1-3-5-14/h1-9,18H,10-11H2,(H,20,22)(H2,19,21,23). The minimum atomic E-state index is -0.504. The maximum absolute atomic E-state index is 11.6. The van der Waals surface area contributed by atoms with Crippen LogP contribution in [-0.4, -0.2) is 18.5 Å². The van der Waals surface area contributed by atoms with Crippen LogP contribution in [0, 0.1) is 0 Å². The van der Waals surface area contributed by atoms with E-state index in [-0.39, 0.29) is 12.3 Å². The molecule has 6 nitrogen and oxygen atoms in total. The number of hydrogen-bond acceptors (Lipinski definition) is 3. The lowest BCUT2D eigenvalue weighted by Crippen LogP contribution is -2.44. The molecule has 4 N–H and O–H groups in total. The largest absolute Gasteiger partial charge is 0.385 e. The summed E-state index contributed by atoms with van der Waals surface area (Å²) in [6.07, 6.45) is 0.217. The topological polar surface area (TPSA) is 82.3 Å². The maximum atomic E-state index is 11.6. The Bertz CT molecular complexity index is 647. The van der Waals surface area contributed by atoms with Crippen molar-refractivity contribution in [2.45, 2.75) is 6.42 Å². The van der Waals surface area contributed by atoms with Crippen LogP contribution in [0.4, 0.5) is 16.2 Å². The van der Waals surface area contributed by atoms with Crippen LogP contribution in [-0.2, 0) is 4.79 Å². The van der Waals surface area contributed by atoms with Gasteiger partial charge in [0.1, 0.15) is 0 Å². The molecule has 0 aliphatic carbocycles. The van der Waals surface area contributed by atoms with Gasteiger partial charge in [-0.25, -0.2) is 10.2 Å². The highest BCUT2D eigenvalue weighted by Crippen LogP contribution is 2.13. The Hall–Kier alpha value is -2.73. The lowest BCUT2D eigenvalue weighted by Gasteiger charge is -2.10. The van der Waals surface area contributed by atoms with Gasteiger partial charge in [-0.1, -0.05) is 29.8 Å². The molecule has 2 rings (SSSR count). The molecule has 0 radical (unpaired) electrons. The molecule has 23 heavy (non-hydrogen) atoms. The summed E-state index contributed by atoms with van der Waals surface area (Å²) in [6, 6.07) is 15.6. The van der Waals surface area contributed by atoms with Gasteiger partial charge in [0.25, 0.3) is 0 Å². The summed E-state index contributed by atoms with van der Waals surface area (Å²) >= 11 is 5.79. The Labute approximate surface area is 139 Å². The van der Waals surface area contributed by atoms with Gasteiger partial charge in [-0.3, -0.25) is 10.2 Å². The number of hydrogen-bond donors (Lipinski definition) is 4. The van der Waals surface area contributed by atoms with E-state index in [1.807, 2.05) is 18.2 Å².